The van der Waals surface area contributed by atoms with Crippen molar-refractivity contribution in [1.82, 2.24) is 14.9 Å². The lowest BCUT2D eigenvalue weighted by molar-refractivity contribution is 0.0600. The molecule has 2 aromatic carbocycles. The van der Waals surface area contributed by atoms with Gasteiger partial charge in [0, 0.05) is 23.3 Å². The molecule has 182 valence electrons. The Morgan fingerprint density at radius 2 is 1.78 bits per heavy atom. The monoisotopic (exact) mass is 496 g/mol. The number of para-hydroxylation sites is 1. The minimum atomic E-state index is -0.365. The van der Waals surface area contributed by atoms with Crippen molar-refractivity contribution in [3.63, 3.8) is 0 Å². The van der Waals surface area contributed by atoms with Gasteiger partial charge in [-0.15, -0.1) is 0 Å². The van der Waals surface area contributed by atoms with Gasteiger partial charge >= 0.3 is 5.97 Å². The van der Waals surface area contributed by atoms with Gasteiger partial charge in [-0.05, 0) is 86.6 Å². The van der Waals surface area contributed by atoms with Crippen LogP contribution >= 0.6 is 12.2 Å². The predicted molar refractivity (Wildman–Crippen MR) is 146 cm³/mol. The number of methoxy groups -OCH3 is 1. The van der Waals surface area contributed by atoms with E-state index in [9.17, 15) is 4.79 Å². The van der Waals surface area contributed by atoms with Crippen molar-refractivity contribution in [2.75, 3.05) is 12.0 Å². The Hall–Kier alpha value is -3.97. The molecule has 6 nitrogen and oxygen atoms in total. The number of ether oxygens (including phenoxy) is 1. The molecule has 1 aliphatic rings. The lowest BCUT2D eigenvalue weighted by atomic mass is 9.96. The van der Waals surface area contributed by atoms with E-state index in [-0.39, 0.29) is 18.1 Å². The Kier molecular flexibility index (Phi) is 6.33. The van der Waals surface area contributed by atoms with E-state index in [4.69, 9.17) is 17.0 Å². The highest BCUT2D eigenvalue weighted by atomic mass is 32.1. The predicted octanol–water partition coefficient (Wildman–Crippen LogP) is 5.76. The molecule has 0 radical (unpaired) electrons. The zero-order chi connectivity index (χ0) is 25.4. The standard InChI is InChI=1S/C29H28N4O2S/c1-18-10-9-11-21(16-18)33-27(26(31-29(33)36)24-13-7-8-15-30-24)23-17-19(2)32(20(23)3)25-14-6-5-12-22(25)28(34)35-4/h5-17,26-27H,1-4H3,(H,31,36)/t26-,27-/m0/s1. The smallest absolute Gasteiger partial charge is 0.339 e. The molecule has 3 heterocycles. The maximum atomic E-state index is 12.6. The zero-order valence-corrected chi connectivity index (χ0v) is 21.5. The Morgan fingerprint density at radius 1 is 1.00 bits per heavy atom. The first-order chi connectivity index (χ1) is 17.4. The summed E-state index contributed by atoms with van der Waals surface area (Å²) in [7, 11) is 1.41. The van der Waals surface area contributed by atoms with Crippen LogP contribution in [0.15, 0.2) is 79.0 Å². The number of anilines is 1. The summed E-state index contributed by atoms with van der Waals surface area (Å²) in [6.07, 6.45) is 1.81. The van der Waals surface area contributed by atoms with Gasteiger partial charge in [0.1, 0.15) is 0 Å². The molecule has 2 aromatic heterocycles. The number of carbonyl (C=O) groups is 1. The SMILES string of the molecule is COC(=O)c1ccccc1-n1c(C)cc([C@H]2[C@H](c3ccccn3)NC(=S)N2c2cccc(C)c2)c1C. The number of hydrogen-bond donors (Lipinski definition) is 1. The van der Waals surface area contributed by atoms with Crippen LogP contribution in [-0.2, 0) is 4.74 Å². The average Bonchev–Trinajstić information content (AvgIpc) is 3.39. The van der Waals surface area contributed by atoms with E-state index in [2.05, 4.69) is 64.8 Å². The summed E-state index contributed by atoms with van der Waals surface area (Å²) < 4.78 is 7.18. The summed E-state index contributed by atoms with van der Waals surface area (Å²) in [6.45, 7) is 6.22. The molecular weight excluding hydrogens is 468 g/mol. The zero-order valence-electron chi connectivity index (χ0n) is 20.7. The Bertz CT molecular complexity index is 1450. The van der Waals surface area contributed by atoms with Crippen molar-refractivity contribution in [3.8, 4) is 5.69 Å². The molecule has 5 rings (SSSR count). The first kappa shape index (κ1) is 23.8. The van der Waals surface area contributed by atoms with Crippen LogP contribution in [0.4, 0.5) is 5.69 Å². The minimum Gasteiger partial charge on any atom is -0.465 e. The largest absolute Gasteiger partial charge is 0.465 e. The van der Waals surface area contributed by atoms with Gasteiger partial charge in [-0.25, -0.2) is 4.79 Å². The second kappa shape index (κ2) is 9.59. The minimum absolute atomic E-state index is 0.139. The van der Waals surface area contributed by atoms with E-state index >= 15 is 0 Å². The molecule has 2 atom stereocenters. The van der Waals surface area contributed by atoms with Crippen molar-refractivity contribution in [2.24, 2.45) is 0 Å². The van der Waals surface area contributed by atoms with E-state index < -0.39 is 0 Å². The van der Waals surface area contributed by atoms with E-state index in [0.717, 1.165) is 39.6 Å². The van der Waals surface area contributed by atoms with Crippen LogP contribution in [0.3, 0.4) is 0 Å². The number of carbonyl (C=O) groups excluding carboxylic acids is 1. The van der Waals surface area contributed by atoms with Crippen molar-refractivity contribution in [1.29, 1.82) is 0 Å². The van der Waals surface area contributed by atoms with Crippen LogP contribution in [0.25, 0.3) is 5.69 Å². The highest BCUT2D eigenvalue weighted by molar-refractivity contribution is 7.80. The van der Waals surface area contributed by atoms with Crippen LogP contribution in [-0.4, -0.2) is 27.7 Å². The lowest BCUT2D eigenvalue weighted by Gasteiger charge is -2.28. The normalized spacial score (nSPS) is 17.2. The summed E-state index contributed by atoms with van der Waals surface area (Å²) in [5.41, 5.74) is 7.56. The molecule has 7 heteroatoms. The summed E-state index contributed by atoms with van der Waals surface area (Å²) in [5.74, 6) is -0.365. The first-order valence-corrected chi connectivity index (χ1v) is 12.3. The number of esters is 1. The van der Waals surface area contributed by atoms with Gasteiger partial charge in [-0.2, -0.15) is 0 Å². The summed E-state index contributed by atoms with van der Waals surface area (Å²) in [6, 6.07) is 23.7. The van der Waals surface area contributed by atoms with Crippen LogP contribution in [0.5, 0.6) is 0 Å². The number of aryl methyl sites for hydroxylation is 2. The number of hydrogen-bond acceptors (Lipinski definition) is 4. The van der Waals surface area contributed by atoms with Crippen molar-refractivity contribution < 1.29 is 9.53 Å². The molecule has 1 fully saturated rings. The Morgan fingerprint density at radius 3 is 2.50 bits per heavy atom. The molecule has 4 aromatic rings. The van der Waals surface area contributed by atoms with Gasteiger partial charge in [-0.1, -0.05) is 30.3 Å². The van der Waals surface area contributed by atoms with Crippen LogP contribution < -0.4 is 10.2 Å². The van der Waals surface area contributed by atoms with Gasteiger partial charge < -0.3 is 19.5 Å². The molecule has 0 bridgehead atoms. The fraction of sp³-hybridized carbons (Fsp3) is 0.207. The topological polar surface area (TPSA) is 59.4 Å². The van der Waals surface area contributed by atoms with E-state index in [1.165, 1.54) is 7.11 Å². The second-order valence-corrected chi connectivity index (χ2v) is 9.39. The lowest BCUT2D eigenvalue weighted by Crippen LogP contribution is -2.29. The quantitative estimate of drug-likeness (QED) is 0.280. The van der Waals surface area contributed by atoms with Crippen LogP contribution in [0.2, 0.25) is 0 Å². The summed E-state index contributed by atoms with van der Waals surface area (Å²) >= 11 is 5.89. The third-order valence-corrected chi connectivity index (χ3v) is 7.03. The van der Waals surface area contributed by atoms with Crippen LogP contribution in [0.1, 0.15) is 50.7 Å². The van der Waals surface area contributed by atoms with Gasteiger partial charge in [0.25, 0.3) is 0 Å². The number of benzene rings is 2. The fourth-order valence-electron chi connectivity index (χ4n) is 5.14. The van der Waals surface area contributed by atoms with Gasteiger partial charge in [0.15, 0.2) is 5.11 Å². The second-order valence-electron chi connectivity index (χ2n) is 9.01. The molecule has 0 unspecified atom stereocenters. The highest BCUT2D eigenvalue weighted by Crippen LogP contribution is 2.44. The molecule has 1 aliphatic heterocycles. The maximum absolute atomic E-state index is 12.6. The van der Waals surface area contributed by atoms with E-state index in [1.54, 1.807) is 6.07 Å². The number of aromatic nitrogens is 2. The molecular formula is C29H28N4O2S. The molecule has 1 N–H and O–H groups in total. The fourth-order valence-corrected chi connectivity index (χ4v) is 5.48. The van der Waals surface area contributed by atoms with Gasteiger partial charge in [-0.3, -0.25) is 4.98 Å². The Labute approximate surface area is 216 Å². The number of nitrogens with one attached hydrogen (secondary N) is 1. The molecule has 0 aliphatic carbocycles. The first-order valence-electron chi connectivity index (χ1n) is 11.8. The maximum Gasteiger partial charge on any atom is 0.339 e. The third kappa shape index (κ3) is 4.05. The molecule has 0 saturated carbocycles. The summed E-state index contributed by atoms with van der Waals surface area (Å²) in [4.78, 5) is 19.4. The Balaban J connectivity index is 1.70. The molecule has 36 heavy (non-hydrogen) atoms. The molecule has 0 spiro atoms. The number of thiocarbonyl (C=S) groups is 1. The van der Waals surface area contributed by atoms with E-state index in [1.807, 2.05) is 48.7 Å². The van der Waals surface area contributed by atoms with Gasteiger partial charge in [0.05, 0.1) is 36.1 Å². The molecule has 1 saturated heterocycles. The average molecular weight is 497 g/mol. The third-order valence-electron chi connectivity index (χ3n) is 6.72. The number of nitrogens with zero attached hydrogens (tertiary/aromatic N) is 3. The number of pyridine rings is 1. The van der Waals surface area contributed by atoms with Crippen molar-refractivity contribution in [2.45, 2.75) is 32.9 Å². The van der Waals surface area contributed by atoms with Gasteiger partial charge in [0.2, 0.25) is 0 Å². The van der Waals surface area contributed by atoms with Crippen molar-refractivity contribution >= 4 is 29.0 Å². The number of rotatable bonds is 5. The molecule has 0 amide bonds. The van der Waals surface area contributed by atoms with E-state index in [0.29, 0.717) is 10.7 Å². The summed E-state index contributed by atoms with van der Waals surface area (Å²) in [5, 5.41) is 4.19. The van der Waals surface area contributed by atoms with Crippen molar-refractivity contribution in [3.05, 3.63) is 113 Å². The van der Waals surface area contributed by atoms with Crippen LogP contribution in [0, 0.1) is 20.8 Å². The highest BCUT2D eigenvalue weighted by Gasteiger charge is 2.42.